The molecule has 0 aromatic carbocycles. The molecule has 0 spiro atoms. The Labute approximate surface area is 73.8 Å². The van der Waals surface area contributed by atoms with Crippen LogP contribution in [-0.2, 0) is 10.0 Å². The molecule has 3 nitrogen and oxygen atoms in total. The van der Waals surface area contributed by atoms with Crippen LogP contribution >= 0.6 is 0 Å². The molecule has 1 aliphatic rings. The van der Waals surface area contributed by atoms with E-state index in [1.54, 1.807) is 6.92 Å². The highest BCUT2D eigenvalue weighted by Gasteiger charge is 2.26. The summed E-state index contributed by atoms with van der Waals surface area (Å²) in [5, 5.41) is 0. The third kappa shape index (κ3) is 2.23. The van der Waals surface area contributed by atoms with Crippen LogP contribution in [0.3, 0.4) is 0 Å². The van der Waals surface area contributed by atoms with Crippen molar-refractivity contribution in [3.05, 3.63) is 0 Å². The number of sulfonamides is 1. The van der Waals surface area contributed by atoms with E-state index >= 15 is 0 Å². The number of hydrogen-bond donors (Lipinski definition) is 0. The summed E-state index contributed by atoms with van der Waals surface area (Å²) in [6.07, 6.45) is 1.41. The van der Waals surface area contributed by atoms with Gasteiger partial charge < -0.3 is 0 Å². The molecule has 0 radical (unpaired) electrons. The van der Waals surface area contributed by atoms with Gasteiger partial charge in [-0.25, -0.2) is 12.7 Å². The summed E-state index contributed by atoms with van der Waals surface area (Å²) in [7, 11) is -2.90. The average Bonchev–Trinajstić information content (AvgIpc) is 2.32. The molecule has 1 heterocycles. The number of nitrogens with zero attached hydrogens (tertiary/aromatic N) is 1. The Morgan fingerprint density at radius 2 is 2.25 bits per heavy atom. The summed E-state index contributed by atoms with van der Waals surface area (Å²) in [5.74, 6) is 5.92. The molecule has 1 aliphatic heterocycles. The molecule has 0 aromatic heterocycles. The van der Waals surface area contributed by atoms with Crippen molar-refractivity contribution in [3.8, 4) is 11.8 Å². The topological polar surface area (TPSA) is 37.4 Å². The van der Waals surface area contributed by atoms with Crippen molar-refractivity contribution in [2.45, 2.75) is 19.8 Å². The van der Waals surface area contributed by atoms with Gasteiger partial charge in [0, 0.05) is 19.5 Å². The molecule has 68 valence electrons. The highest BCUT2D eigenvalue weighted by Crippen LogP contribution is 2.12. The van der Waals surface area contributed by atoms with Crippen LogP contribution in [0.2, 0.25) is 0 Å². The first kappa shape index (κ1) is 9.56. The molecule has 0 bridgehead atoms. The van der Waals surface area contributed by atoms with Gasteiger partial charge in [-0.2, -0.15) is 0 Å². The number of hydrogen-bond acceptors (Lipinski definition) is 2. The van der Waals surface area contributed by atoms with Crippen LogP contribution in [0, 0.1) is 11.8 Å². The van der Waals surface area contributed by atoms with E-state index in [-0.39, 0.29) is 0 Å². The Kier molecular flexibility index (Phi) is 3.12. The van der Waals surface area contributed by atoms with Crippen molar-refractivity contribution in [1.29, 1.82) is 0 Å². The number of rotatable bonds is 2. The van der Waals surface area contributed by atoms with Crippen molar-refractivity contribution < 1.29 is 8.42 Å². The summed E-state index contributed by atoms with van der Waals surface area (Å²) in [6.45, 7) is 3.00. The van der Waals surface area contributed by atoms with Gasteiger partial charge in [-0.3, -0.25) is 0 Å². The van der Waals surface area contributed by atoms with Gasteiger partial charge >= 0.3 is 0 Å². The van der Waals surface area contributed by atoms with E-state index < -0.39 is 10.0 Å². The van der Waals surface area contributed by atoms with Gasteiger partial charge in [0.2, 0.25) is 10.0 Å². The summed E-state index contributed by atoms with van der Waals surface area (Å²) in [5.41, 5.74) is 0. The lowest BCUT2D eigenvalue weighted by atomic mass is 10.4. The van der Waals surface area contributed by atoms with Gasteiger partial charge in [-0.05, 0) is 13.3 Å². The Hall–Kier alpha value is -0.530. The van der Waals surface area contributed by atoms with Crippen molar-refractivity contribution in [3.63, 3.8) is 0 Å². The minimum atomic E-state index is -2.90. The standard InChI is InChI=1S/C8H13NO2S/c1-2-3-4-6-9-7-5-8-12(9,10)11/h4-8H2,1H3. The second-order valence-electron chi connectivity index (χ2n) is 2.75. The summed E-state index contributed by atoms with van der Waals surface area (Å²) < 4.78 is 24.0. The second kappa shape index (κ2) is 3.92. The first-order valence-corrected chi connectivity index (χ1v) is 5.65. The van der Waals surface area contributed by atoms with E-state index in [1.807, 2.05) is 0 Å². The molecular formula is C8H13NO2S. The first-order valence-electron chi connectivity index (χ1n) is 4.04. The van der Waals surface area contributed by atoms with Crippen molar-refractivity contribution in [2.24, 2.45) is 0 Å². The zero-order valence-electron chi connectivity index (χ0n) is 7.21. The molecule has 0 saturated carbocycles. The second-order valence-corrected chi connectivity index (χ2v) is 4.83. The van der Waals surface area contributed by atoms with Gasteiger partial charge in [0.15, 0.2) is 0 Å². The molecule has 0 aromatic rings. The summed E-state index contributed by atoms with van der Waals surface area (Å²) in [6, 6.07) is 0. The smallest absolute Gasteiger partial charge is 0.212 e. The van der Waals surface area contributed by atoms with Crippen molar-refractivity contribution in [1.82, 2.24) is 4.31 Å². The molecule has 4 heteroatoms. The van der Waals surface area contributed by atoms with Crippen molar-refractivity contribution >= 4 is 10.0 Å². The molecule has 1 saturated heterocycles. The lowest BCUT2D eigenvalue weighted by Gasteiger charge is -2.11. The van der Waals surface area contributed by atoms with E-state index in [0.717, 1.165) is 6.42 Å². The maximum atomic E-state index is 11.2. The van der Waals surface area contributed by atoms with Gasteiger partial charge in [-0.15, -0.1) is 11.8 Å². The first-order chi connectivity index (χ1) is 5.67. The molecule has 0 N–H and O–H groups in total. The highest BCUT2D eigenvalue weighted by molar-refractivity contribution is 7.89. The fourth-order valence-corrected chi connectivity index (χ4v) is 2.78. The van der Waals surface area contributed by atoms with E-state index in [4.69, 9.17) is 0 Å². The zero-order chi connectivity index (χ0) is 9.03. The third-order valence-corrected chi connectivity index (χ3v) is 3.82. The van der Waals surface area contributed by atoms with Crippen LogP contribution in [0.5, 0.6) is 0 Å². The van der Waals surface area contributed by atoms with Crippen LogP contribution in [-0.4, -0.2) is 31.6 Å². The SMILES string of the molecule is CC#CCCN1CCCS1(=O)=O. The van der Waals surface area contributed by atoms with Crippen LogP contribution in [0.25, 0.3) is 0 Å². The van der Waals surface area contributed by atoms with Crippen LogP contribution < -0.4 is 0 Å². The molecule has 0 aliphatic carbocycles. The van der Waals surface area contributed by atoms with Crippen LogP contribution in [0.1, 0.15) is 19.8 Å². The summed E-state index contributed by atoms with van der Waals surface area (Å²) in [4.78, 5) is 0. The maximum Gasteiger partial charge on any atom is 0.214 e. The summed E-state index contributed by atoms with van der Waals surface area (Å²) >= 11 is 0. The van der Waals surface area contributed by atoms with E-state index in [2.05, 4.69) is 11.8 Å². The van der Waals surface area contributed by atoms with Gasteiger partial charge in [0.1, 0.15) is 0 Å². The van der Waals surface area contributed by atoms with Gasteiger partial charge in [-0.1, -0.05) is 0 Å². The molecule has 1 fully saturated rings. The molecule has 1 rings (SSSR count). The molecule has 0 unspecified atom stereocenters. The highest BCUT2D eigenvalue weighted by atomic mass is 32.2. The monoisotopic (exact) mass is 187 g/mol. The fraction of sp³-hybridized carbons (Fsp3) is 0.750. The van der Waals surface area contributed by atoms with E-state index in [9.17, 15) is 8.42 Å². The van der Waals surface area contributed by atoms with E-state index in [1.165, 1.54) is 4.31 Å². The molecule has 0 amide bonds. The third-order valence-electron chi connectivity index (χ3n) is 1.87. The van der Waals surface area contributed by atoms with Gasteiger partial charge in [0.05, 0.1) is 5.75 Å². The Balaban J connectivity index is 2.46. The predicted octanol–water partition coefficient (Wildman–Crippen LogP) is 0.435. The quantitative estimate of drug-likeness (QED) is 0.588. The minimum Gasteiger partial charge on any atom is -0.212 e. The predicted molar refractivity (Wildman–Crippen MR) is 48.0 cm³/mol. The lowest BCUT2D eigenvalue weighted by molar-refractivity contribution is 0.452. The molecule has 12 heavy (non-hydrogen) atoms. The zero-order valence-corrected chi connectivity index (χ0v) is 8.02. The average molecular weight is 187 g/mol. The Morgan fingerprint density at radius 3 is 2.75 bits per heavy atom. The van der Waals surface area contributed by atoms with E-state index in [0.29, 0.717) is 25.3 Å². The van der Waals surface area contributed by atoms with Crippen molar-refractivity contribution in [2.75, 3.05) is 18.8 Å². The largest absolute Gasteiger partial charge is 0.214 e. The van der Waals surface area contributed by atoms with Gasteiger partial charge in [0.25, 0.3) is 0 Å². The molecule has 0 atom stereocenters. The van der Waals surface area contributed by atoms with Crippen LogP contribution in [0.4, 0.5) is 0 Å². The fourth-order valence-electron chi connectivity index (χ4n) is 1.25. The minimum absolute atomic E-state index is 0.312. The van der Waals surface area contributed by atoms with Crippen LogP contribution in [0.15, 0.2) is 0 Å². The Morgan fingerprint density at radius 1 is 1.50 bits per heavy atom. The molecular weight excluding hydrogens is 174 g/mol. The maximum absolute atomic E-state index is 11.2. The normalized spacial score (nSPS) is 21.8. The Bertz CT molecular complexity index is 297. The lowest BCUT2D eigenvalue weighted by Crippen LogP contribution is -2.26.